The Morgan fingerprint density at radius 2 is 2.14 bits per heavy atom. The summed E-state index contributed by atoms with van der Waals surface area (Å²) in [6, 6.07) is 10.3. The van der Waals surface area contributed by atoms with Crippen LogP contribution in [-0.2, 0) is 17.7 Å². The zero-order valence-electron chi connectivity index (χ0n) is 16.6. The lowest BCUT2D eigenvalue weighted by molar-refractivity contribution is 0.0209. The van der Waals surface area contributed by atoms with Crippen LogP contribution in [0.2, 0.25) is 0 Å². The lowest BCUT2D eigenvalue weighted by Crippen LogP contribution is -2.43. The van der Waals surface area contributed by atoms with Crippen LogP contribution in [0.15, 0.2) is 36.7 Å². The molecule has 1 atom stereocenters. The summed E-state index contributed by atoms with van der Waals surface area (Å²) >= 11 is 0. The molecule has 2 aliphatic heterocycles. The van der Waals surface area contributed by atoms with Crippen molar-refractivity contribution in [3.05, 3.63) is 53.5 Å². The van der Waals surface area contributed by atoms with Crippen LogP contribution < -0.4 is 5.32 Å². The van der Waals surface area contributed by atoms with Gasteiger partial charge < -0.3 is 20.1 Å². The van der Waals surface area contributed by atoms with Gasteiger partial charge >= 0.3 is 0 Å². The van der Waals surface area contributed by atoms with Crippen molar-refractivity contribution in [3.8, 4) is 0 Å². The molecule has 2 N–H and O–H groups in total. The summed E-state index contributed by atoms with van der Waals surface area (Å²) in [5.41, 5.74) is 3.00. The number of aromatic nitrogens is 2. The molecule has 0 saturated carbocycles. The molecule has 1 amide bonds. The van der Waals surface area contributed by atoms with E-state index in [-0.39, 0.29) is 18.5 Å². The number of hydrogen-bond donors (Lipinski definition) is 2. The van der Waals surface area contributed by atoms with Crippen molar-refractivity contribution in [2.75, 3.05) is 45.2 Å². The van der Waals surface area contributed by atoms with Crippen LogP contribution >= 0.6 is 0 Å². The van der Waals surface area contributed by atoms with Crippen LogP contribution in [0.25, 0.3) is 0 Å². The lowest BCUT2D eigenvalue weighted by atomic mass is 10.00. The van der Waals surface area contributed by atoms with E-state index in [1.54, 1.807) is 13.1 Å². The van der Waals surface area contributed by atoms with Crippen molar-refractivity contribution >= 4 is 11.7 Å². The average Bonchev–Trinajstić information content (AvgIpc) is 2.70. The van der Waals surface area contributed by atoms with E-state index in [2.05, 4.69) is 38.4 Å². The van der Waals surface area contributed by atoms with Gasteiger partial charge in [0.2, 0.25) is 0 Å². The molecule has 1 saturated heterocycles. The van der Waals surface area contributed by atoms with Gasteiger partial charge in [0, 0.05) is 39.3 Å². The number of ether oxygens (including phenoxy) is 1. The molecule has 3 heterocycles. The minimum absolute atomic E-state index is 0.224. The van der Waals surface area contributed by atoms with Gasteiger partial charge in [0.15, 0.2) is 0 Å². The zero-order valence-corrected chi connectivity index (χ0v) is 16.6. The summed E-state index contributed by atoms with van der Waals surface area (Å²) in [5, 5.41) is 13.7. The first-order chi connectivity index (χ1) is 14.1. The number of fused-ring (bicyclic) bond motifs is 1. The highest BCUT2D eigenvalue weighted by Crippen LogP contribution is 2.18. The van der Waals surface area contributed by atoms with Crippen molar-refractivity contribution in [2.45, 2.75) is 25.1 Å². The van der Waals surface area contributed by atoms with Crippen molar-refractivity contribution in [2.24, 2.45) is 0 Å². The number of amides is 1. The summed E-state index contributed by atoms with van der Waals surface area (Å²) < 4.78 is 5.14. The van der Waals surface area contributed by atoms with Crippen LogP contribution in [-0.4, -0.2) is 82.8 Å². The van der Waals surface area contributed by atoms with Crippen molar-refractivity contribution < 1.29 is 14.6 Å². The Morgan fingerprint density at radius 1 is 1.34 bits per heavy atom. The molecule has 2 aromatic rings. The molecule has 8 nitrogen and oxygen atoms in total. The summed E-state index contributed by atoms with van der Waals surface area (Å²) in [6.07, 6.45) is 1.74. The topological polar surface area (TPSA) is 90.8 Å². The molecular weight excluding hydrogens is 370 g/mol. The summed E-state index contributed by atoms with van der Waals surface area (Å²) in [6.45, 7) is 3.80. The molecule has 0 radical (unpaired) electrons. The van der Waals surface area contributed by atoms with Crippen LogP contribution in [0.5, 0.6) is 0 Å². The van der Waals surface area contributed by atoms with E-state index in [1.807, 2.05) is 6.07 Å². The minimum atomic E-state index is -0.624. The van der Waals surface area contributed by atoms with Crippen LogP contribution in [0.3, 0.4) is 0 Å². The Hall–Kier alpha value is -2.55. The van der Waals surface area contributed by atoms with Crippen LogP contribution in [0.1, 0.15) is 21.6 Å². The fraction of sp³-hybridized carbons (Fsp3) is 0.476. The Kier molecular flexibility index (Phi) is 6.03. The second kappa shape index (κ2) is 8.86. The normalized spacial score (nSPS) is 17.9. The van der Waals surface area contributed by atoms with E-state index in [9.17, 15) is 9.90 Å². The Bertz CT molecular complexity index is 858. The van der Waals surface area contributed by atoms with Gasteiger partial charge in [-0.15, -0.1) is 0 Å². The molecule has 4 rings (SSSR count). The highest BCUT2D eigenvalue weighted by atomic mass is 16.5. The quantitative estimate of drug-likeness (QED) is 0.713. The van der Waals surface area contributed by atoms with E-state index in [4.69, 9.17) is 4.74 Å². The molecule has 8 heteroatoms. The zero-order chi connectivity index (χ0) is 20.2. The monoisotopic (exact) mass is 397 g/mol. The third-order valence-corrected chi connectivity index (χ3v) is 5.39. The predicted molar refractivity (Wildman–Crippen MR) is 109 cm³/mol. The Labute approximate surface area is 170 Å². The summed E-state index contributed by atoms with van der Waals surface area (Å²) in [5.74, 6) is 0.376. The largest absolute Gasteiger partial charge is 0.390 e. The molecule has 2 aliphatic rings. The SMILES string of the molecule is CN(C[C@H](O)CN1CCc2ccccc2C1)C(=O)c1cc(NC2COC2)ncn1. The number of benzene rings is 1. The maximum absolute atomic E-state index is 12.7. The van der Waals surface area contributed by atoms with Gasteiger partial charge in [-0.1, -0.05) is 24.3 Å². The molecule has 1 aromatic carbocycles. The molecule has 29 heavy (non-hydrogen) atoms. The minimum Gasteiger partial charge on any atom is -0.390 e. The predicted octanol–water partition coefficient (Wildman–Crippen LogP) is 0.778. The van der Waals surface area contributed by atoms with Gasteiger partial charge in [-0.25, -0.2) is 9.97 Å². The smallest absolute Gasteiger partial charge is 0.272 e. The number of nitrogens with one attached hydrogen (secondary N) is 1. The van der Waals surface area contributed by atoms with E-state index in [0.29, 0.717) is 31.3 Å². The number of nitrogens with zero attached hydrogens (tertiary/aromatic N) is 4. The Morgan fingerprint density at radius 3 is 2.90 bits per heavy atom. The van der Waals surface area contributed by atoms with Gasteiger partial charge in [-0.05, 0) is 17.5 Å². The lowest BCUT2D eigenvalue weighted by Gasteiger charge is -2.31. The van der Waals surface area contributed by atoms with Gasteiger partial charge in [-0.2, -0.15) is 0 Å². The number of likely N-dealkylation sites (N-methyl/N-ethyl adjacent to an activating group) is 1. The fourth-order valence-corrected chi connectivity index (χ4v) is 3.74. The third kappa shape index (κ3) is 4.90. The molecule has 1 aromatic heterocycles. The number of aliphatic hydroxyl groups excluding tert-OH is 1. The number of anilines is 1. The molecule has 0 bridgehead atoms. The third-order valence-electron chi connectivity index (χ3n) is 5.39. The first-order valence-corrected chi connectivity index (χ1v) is 9.97. The first-order valence-electron chi connectivity index (χ1n) is 9.97. The van der Waals surface area contributed by atoms with E-state index in [0.717, 1.165) is 19.5 Å². The standard InChI is InChI=1S/C21H27N5O3/c1-25(21(28)19-8-20(23-14-22-19)24-17-12-29-13-17)10-18(27)11-26-7-6-15-4-2-3-5-16(15)9-26/h2-5,8,14,17-18,27H,6-7,9-13H2,1H3,(H,22,23,24)/t18-/m0/s1. The van der Waals surface area contributed by atoms with E-state index < -0.39 is 6.10 Å². The number of rotatable bonds is 7. The summed E-state index contributed by atoms with van der Waals surface area (Å²) in [7, 11) is 1.69. The van der Waals surface area contributed by atoms with Crippen molar-refractivity contribution in [1.29, 1.82) is 0 Å². The number of hydrogen-bond acceptors (Lipinski definition) is 7. The van der Waals surface area contributed by atoms with E-state index in [1.165, 1.54) is 22.4 Å². The molecule has 0 aliphatic carbocycles. The number of carbonyl (C=O) groups is 1. The van der Waals surface area contributed by atoms with Crippen LogP contribution in [0, 0.1) is 0 Å². The Balaban J connectivity index is 1.30. The molecule has 0 unspecified atom stereocenters. The van der Waals surface area contributed by atoms with Crippen LogP contribution in [0.4, 0.5) is 5.82 Å². The fourth-order valence-electron chi connectivity index (χ4n) is 3.74. The highest BCUT2D eigenvalue weighted by Gasteiger charge is 2.23. The van der Waals surface area contributed by atoms with Crippen molar-refractivity contribution in [3.63, 3.8) is 0 Å². The van der Waals surface area contributed by atoms with Crippen molar-refractivity contribution in [1.82, 2.24) is 19.8 Å². The summed E-state index contributed by atoms with van der Waals surface area (Å²) in [4.78, 5) is 24.7. The second-order valence-corrected chi connectivity index (χ2v) is 7.76. The van der Waals surface area contributed by atoms with Gasteiger partial charge in [-0.3, -0.25) is 9.69 Å². The molecular formula is C21H27N5O3. The maximum Gasteiger partial charge on any atom is 0.272 e. The van der Waals surface area contributed by atoms with Gasteiger partial charge in [0.05, 0.1) is 25.4 Å². The maximum atomic E-state index is 12.7. The number of β-amino-alcohol motifs (C(OH)–C–C–N with tert-alkyl or cyclic N) is 1. The highest BCUT2D eigenvalue weighted by molar-refractivity contribution is 5.92. The second-order valence-electron chi connectivity index (χ2n) is 7.76. The molecule has 154 valence electrons. The number of carbonyl (C=O) groups excluding carboxylic acids is 1. The molecule has 0 spiro atoms. The number of aliphatic hydroxyl groups is 1. The van der Waals surface area contributed by atoms with Gasteiger partial charge in [0.25, 0.3) is 5.91 Å². The molecule has 1 fully saturated rings. The first kappa shape index (κ1) is 19.8. The van der Waals surface area contributed by atoms with Gasteiger partial charge in [0.1, 0.15) is 17.8 Å². The van der Waals surface area contributed by atoms with E-state index >= 15 is 0 Å². The average molecular weight is 397 g/mol.